The summed E-state index contributed by atoms with van der Waals surface area (Å²) in [7, 11) is -1.09. The number of fused-ring (bicyclic) bond motifs is 1. The molecule has 4 rings (SSSR count). The second-order valence-corrected chi connectivity index (χ2v) is 9.05. The fourth-order valence-corrected chi connectivity index (χ4v) is 4.93. The third kappa shape index (κ3) is 4.85. The van der Waals surface area contributed by atoms with E-state index in [1.165, 1.54) is 16.7 Å². The molecule has 1 heterocycles. The van der Waals surface area contributed by atoms with Gasteiger partial charge in [-0.15, -0.1) is 0 Å². The average Bonchev–Trinajstić information content (AvgIpc) is 3.18. The molecule has 1 aliphatic carbocycles. The fraction of sp³-hybridized carbons (Fsp3) is 0.292. The Bertz CT molecular complexity index is 1020. The van der Waals surface area contributed by atoms with E-state index in [2.05, 4.69) is 17.4 Å². The van der Waals surface area contributed by atoms with Crippen LogP contribution in [0.5, 0.6) is 0 Å². The van der Waals surface area contributed by atoms with Gasteiger partial charge in [0.1, 0.15) is 5.76 Å². The number of rotatable bonds is 6. The maximum Gasteiger partial charge on any atom is 0.287 e. The molecule has 1 aromatic heterocycles. The van der Waals surface area contributed by atoms with Crippen molar-refractivity contribution in [2.45, 2.75) is 43.7 Å². The molecular weight excluding hydrogens is 382 g/mol. The van der Waals surface area contributed by atoms with Gasteiger partial charge in [0.15, 0.2) is 5.76 Å². The molecule has 0 fully saturated rings. The molecule has 150 valence electrons. The van der Waals surface area contributed by atoms with Gasteiger partial charge in [0, 0.05) is 16.6 Å². The Morgan fingerprint density at radius 2 is 1.86 bits per heavy atom. The lowest BCUT2D eigenvalue weighted by atomic mass is 9.88. The van der Waals surface area contributed by atoms with Crippen LogP contribution in [0.4, 0.5) is 0 Å². The summed E-state index contributed by atoms with van der Waals surface area (Å²) in [6.07, 6.45) is 3.04. The first-order valence-corrected chi connectivity index (χ1v) is 11.5. The van der Waals surface area contributed by atoms with E-state index in [1.54, 1.807) is 12.1 Å². The zero-order valence-electron chi connectivity index (χ0n) is 16.5. The molecule has 0 unspecified atom stereocenters. The van der Waals surface area contributed by atoms with Gasteiger partial charge in [-0.2, -0.15) is 0 Å². The van der Waals surface area contributed by atoms with Crippen molar-refractivity contribution in [2.24, 2.45) is 0 Å². The van der Waals surface area contributed by atoms with Crippen molar-refractivity contribution < 1.29 is 13.4 Å². The quantitative estimate of drug-likeness (QED) is 0.636. The first-order valence-electron chi connectivity index (χ1n) is 9.96. The van der Waals surface area contributed by atoms with Gasteiger partial charge in [-0.25, -0.2) is 0 Å². The molecule has 0 saturated carbocycles. The lowest BCUT2D eigenvalue weighted by molar-refractivity contribution is 0.0903. The van der Waals surface area contributed by atoms with Gasteiger partial charge >= 0.3 is 0 Å². The highest BCUT2D eigenvalue weighted by Gasteiger charge is 2.23. The molecule has 1 aliphatic rings. The molecule has 0 saturated heterocycles. The van der Waals surface area contributed by atoms with Gasteiger partial charge in [-0.05, 0) is 55.0 Å². The smallest absolute Gasteiger partial charge is 0.287 e. The first kappa shape index (κ1) is 19.6. The molecule has 3 aromatic rings. The van der Waals surface area contributed by atoms with Gasteiger partial charge in [-0.1, -0.05) is 54.1 Å². The molecule has 1 N–H and O–H groups in total. The molecule has 5 heteroatoms. The number of furan rings is 1. The van der Waals surface area contributed by atoms with Gasteiger partial charge < -0.3 is 9.73 Å². The highest BCUT2D eigenvalue weighted by molar-refractivity contribution is 7.83. The average molecular weight is 408 g/mol. The summed E-state index contributed by atoms with van der Waals surface area (Å²) < 4.78 is 18.1. The maximum atomic E-state index is 12.7. The van der Waals surface area contributed by atoms with E-state index in [-0.39, 0.29) is 17.7 Å². The van der Waals surface area contributed by atoms with E-state index in [4.69, 9.17) is 4.42 Å². The topological polar surface area (TPSA) is 59.3 Å². The van der Waals surface area contributed by atoms with Gasteiger partial charge in [0.2, 0.25) is 0 Å². The van der Waals surface area contributed by atoms with Crippen molar-refractivity contribution in [1.29, 1.82) is 0 Å². The highest BCUT2D eigenvalue weighted by Crippen LogP contribution is 2.29. The maximum absolute atomic E-state index is 12.7. The highest BCUT2D eigenvalue weighted by atomic mass is 32.2. The van der Waals surface area contributed by atoms with Crippen LogP contribution in [0.25, 0.3) is 0 Å². The number of nitrogens with one attached hydrogen (secondary N) is 1. The number of carbonyl (C=O) groups excluding carboxylic acids is 1. The zero-order valence-corrected chi connectivity index (χ0v) is 17.3. The van der Waals surface area contributed by atoms with Crippen LogP contribution in [0, 0.1) is 6.92 Å². The van der Waals surface area contributed by atoms with E-state index in [1.807, 2.05) is 43.3 Å². The van der Waals surface area contributed by atoms with Crippen LogP contribution in [0.2, 0.25) is 0 Å². The van der Waals surface area contributed by atoms with E-state index < -0.39 is 10.8 Å². The third-order valence-electron chi connectivity index (χ3n) is 5.31. The van der Waals surface area contributed by atoms with Crippen LogP contribution in [-0.2, 0) is 28.7 Å². The van der Waals surface area contributed by atoms with Crippen LogP contribution in [0.3, 0.4) is 0 Å². The van der Waals surface area contributed by atoms with Crippen LogP contribution in [0.15, 0.2) is 65.1 Å². The summed E-state index contributed by atoms with van der Waals surface area (Å²) in [5.74, 6) is 1.40. The molecule has 0 radical (unpaired) electrons. The van der Waals surface area contributed by atoms with Crippen molar-refractivity contribution in [3.05, 3.63) is 94.4 Å². The normalized spacial score (nSPS) is 16.8. The minimum absolute atomic E-state index is 0.0108. The molecule has 4 nitrogen and oxygen atoms in total. The number of benzene rings is 2. The van der Waals surface area contributed by atoms with E-state index in [0.717, 1.165) is 24.8 Å². The summed E-state index contributed by atoms with van der Waals surface area (Å²) >= 11 is 0. The number of aryl methyl sites for hydroxylation is 2. The Kier molecular flexibility index (Phi) is 5.95. The van der Waals surface area contributed by atoms with Crippen LogP contribution < -0.4 is 5.32 Å². The minimum Gasteiger partial charge on any atom is -0.455 e. The third-order valence-corrected chi connectivity index (χ3v) is 6.57. The monoisotopic (exact) mass is 407 g/mol. The lowest BCUT2D eigenvalue weighted by Crippen LogP contribution is -2.30. The van der Waals surface area contributed by atoms with Crippen LogP contribution in [-0.4, -0.2) is 10.1 Å². The molecule has 0 bridgehead atoms. The second kappa shape index (κ2) is 8.78. The minimum atomic E-state index is -1.09. The number of carbonyl (C=O) groups is 1. The Hall–Kier alpha value is -2.66. The summed E-state index contributed by atoms with van der Waals surface area (Å²) in [6, 6.07) is 19.7. The fourth-order valence-electron chi connectivity index (χ4n) is 3.79. The Morgan fingerprint density at radius 3 is 2.69 bits per heavy atom. The van der Waals surface area contributed by atoms with Crippen LogP contribution >= 0.6 is 0 Å². The molecule has 1 amide bonds. The molecule has 0 spiro atoms. The summed E-state index contributed by atoms with van der Waals surface area (Å²) in [5.41, 5.74) is 4.71. The van der Waals surface area contributed by atoms with Crippen molar-refractivity contribution in [2.75, 3.05) is 0 Å². The van der Waals surface area contributed by atoms with Crippen molar-refractivity contribution in [1.82, 2.24) is 5.32 Å². The summed E-state index contributed by atoms with van der Waals surface area (Å²) in [5, 5.41) is 3.09. The zero-order chi connectivity index (χ0) is 20.2. The number of amides is 1. The summed E-state index contributed by atoms with van der Waals surface area (Å²) in [4.78, 5) is 12.7. The SMILES string of the molecule is Cc1ccc(C[S@](=O)Cc2ccc(C(=O)N[C@@H]3CCCc4ccccc43)o2)cc1. The molecule has 2 aromatic carbocycles. The Labute approximate surface area is 173 Å². The second-order valence-electron chi connectivity index (χ2n) is 7.60. The molecule has 2 atom stereocenters. The van der Waals surface area contributed by atoms with E-state index in [9.17, 15) is 9.00 Å². The largest absolute Gasteiger partial charge is 0.455 e. The van der Waals surface area contributed by atoms with Crippen LogP contribution in [0.1, 0.15) is 57.5 Å². The predicted molar refractivity (Wildman–Crippen MR) is 115 cm³/mol. The van der Waals surface area contributed by atoms with Crippen molar-refractivity contribution in [3.8, 4) is 0 Å². The van der Waals surface area contributed by atoms with Crippen molar-refractivity contribution in [3.63, 3.8) is 0 Å². The first-order chi connectivity index (χ1) is 14.1. The number of hydrogen-bond donors (Lipinski definition) is 1. The van der Waals surface area contributed by atoms with Gasteiger partial charge in [-0.3, -0.25) is 9.00 Å². The molecular formula is C24H25NO3S. The van der Waals surface area contributed by atoms with Gasteiger partial charge in [0.05, 0.1) is 11.8 Å². The number of hydrogen-bond acceptors (Lipinski definition) is 3. The Balaban J connectivity index is 1.37. The van der Waals surface area contributed by atoms with E-state index in [0.29, 0.717) is 17.3 Å². The standard InChI is InChI=1S/C24H25NO3S/c1-17-9-11-18(12-10-17)15-29(27)16-20-13-14-23(28-20)24(26)25-22-8-4-6-19-5-2-3-7-21(19)22/h2-3,5,7,9-14,22H,4,6,8,15-16H2,1H3,(H,25,26)/t22-,29+/m1/s1. The van der Waals surface area contributed by atoms with Gasteiger partial charge in [0.25, 0.3) is 5.91 Å². The van der Waals surface area contributed by atoms with Crippen molar-refractivity contribution >= 4 is 16.7 Å². The summed E-state index contributed by atoms with van der Waals surface area (Å²) in [6.45, 7) is 2.03. The molecule has 0 aliphatic heterocycles. The molecule has 29 heavy (non-hydrogen) atoms. The van der Waals surface area contributed by atoms with E-state index >= 15 is 0 Å². The predicted octanol–water partition coefficient (Wildman–Crippen LogP) is 4.84. The Morgan fingerprint density at radius 1 is 1.07 bits per heavy atom. The lowest BCUT2D eigenvalue weighted by Gasteiger charge is -2.25.